The number of rotatable bonds is 1. The van der Waals surface area contributed by atoms with Gasteiger partial charge in [0.25, 0.3) is 0 Å². The summed E-state index contributed by atoms with van der Waals surface area (Å²) in [6.45, 7) is 3.94. The van der Waals surface area contributed by atoms with Gasteiger partial charge in [-0.15, -0.1) is 0 Å². The second-order valence-corrected chi connectivity index (χ2v) is 4.33. The molecule has 2 aliphatic rings. The number of aliphatic hydroxyl groups is 1. The number of hydrogen-bond donors (Lipinski definition) is 1. The van der Waals surface area contributed by atoms with Crippen molar-refractivity contribution in [3.63, 3.8) is 0 Å². The zero-order valence-corrected chi connectivity index (χ0v) is 7.67. The van der Waals surface area contributed by atoms with E-state index in [-0.39, 0.29) is 12.2 Å². The Balaban J connectivity index is 2.18. The highest BCUT2D eigenvalue weighted by atomic mass is 16.7. The fraction of sp³-hybridized carbons (Fsp3) is 1.00. The number of ether oxygens (including phenoxy) is 2. The van der Waals surface area contributed by atoms with Crippen molar-refractivity contribution >= 4 is 0 Å². The van der Waals surface area contributed by atoms with Gasteiger partial charge >= 0.3 is 0 Å². The maximum absolute atomic E-state index is 9.22. The molecule has 0 aromatic carbocycles. The lowest BCUT2D eigenvalue weighted by atomic mass is 10.0. The first-order valence-corrected chi connectivity index (χ1v) is 4.54. The second kappa shape index (κ2) is 2.44. The standard InChI is InChI=1S/C9H16O3/c1-8(2)11-7-3-4-9(5-7,6-10)12-8/h7,10H,3-6H2,1-2H3/t7?,9-/m0/s1. The summed E-state index contributed by atoms with van der Waals surface area (Å²) in [4.78, 5) is 0. The van der Waals surface area contributed by atoms with Crippen LogP contribution < -0.4 is 0 Å². The van der Waals surface area contributed by atoms with Crippen LogP contribution in [0.25, 0.3) is 0 Å². The highest BCUT2D eigenvalue weighted by Crippen LogP contribution is 2.44. The first kappa shape index (κ1) is 8.48. The topological polar surface area (TPSA) is 38.7 Å². The predicted octanol–water partition coefficient (Wildman–Crippen LogP) is 1.05. The van der Waals surface area contributed by atoms with Crippen LogP contribution in [0.5, 0.6) is 0 Å². The Morgan fingerprint density at radius 1 is 1.50 bits per heavy atom. The van der Waals surface area contributed by atoms with Gasteiger partial charge in [-0.1, -0.05) is 0 Å². The molecule has 1 N–H and O–H groups in total. The molecular weight excluding hydrogens is 156 g/mol. The van der Waals surface area contributed by atoms with E-state index < -0.39 is 5.79 Å². The Bertz CT molecular complexity index is 190. The Labute approximate surface area is 72.7 Å². The molecule has 2 rings (SSSR count). The molecule has 1 aliphatic heterocycles. The van der Waals surface area contributed by atoms with E-state index in [1.807, 2.05) is 13.8 Å². The van der Waals surface area contributed by atoms with Gasteiger partial charge in [0.2, 0.25) is 0 Å². The minimum Gasteiger partial charge on any atom is -0.393 e. The van der Waals surface area contributed by atoms with E-state index in [2.05, 4.69) is 0 Å². The molecule has 3 nitrogen and oxygen atoms in total. The normalized spacial score (nSPS) is 44.8. The van der Waals surface area contributed by atoms with Gasteiger partial charge in [0.1, 0.15) is 0 Å². The largest absolute Gasteiger partial charge is 0.393 e. The van der Waals surface area contributed by atoms with Gasteiger partial charge in [-0.25, -0.2) is 0 Å². The molecule has 0 amide bonds. The zero-order chi connectivity index (χ0) is 8.82. The van der Waals surface area contributed by atoms with Crippen LogP contribution in [-0.4, -0.2) is 29.2 Å². The zero-order valence-electron chi connectivity index (χ0n) is 7.67. The highest BCUT2D eigenvalue weighted by Gasteiger charge is 2.50. The van der Waals surface area contributed by atoms with Crippen molar-refractivity contribution in [2.45, 2.75) is 50.6 Å². The third kappa shape index (κ3) is 1.26. The van der Waals surface area contributed by atoms with E-state index >= 15 is 0 Å². The molecule has 2 fully saturated rings. The molecule has 0 aromatic heterocycles. The summed E-state index contributed by atoms with van der Waals surface area (Å²) in [5.74, 6) is -0.512. The molecule has 1 saturated heterocycles. The summed E-state index contributed by atoms with van der Waals surface area (Å²) in [5.41, 5.74) is -0.299. The van der Waals surface area contributed by atoms with Gasteiger partial charge in [-0.2, -0.15) is 0 Å². The van der Waals surface area contributed by atoms with Gasteiger partial charge in [0, 0.05) is 6.42 Å². The second-order valence-electron chi connectivity index (χ2n) is 4.33. The van der Waals surface area contributed by atoms with Crippen molar-refractivity contribution in [2.75, 3.05) is 6.61 Å². The van der Waals surface area contributed by atoms with E-state index in [0.717, 1.165) is 19.3 Å². The molecule has 0 radical (unpaired) electrons. The minimum atomic E-state index is -0.512. The summed E-state index contributed by atoms with van der Waals surface area (Å²) in [7, 11) is 0. The summed E-state index contributed by atoms with van der Waals surface area (Å²) in [5, 5.41) is 9.22. The third-order valence-corrected chi connectivity index (χ3v) is 2.72. The van der Waals surface area contributed by atoms with E-state index in [0.29, 0.717) is 6.10 Å². The summed E-state index contributed by atoms with van der Waals surface area (Å²) >= 11 is 0. The fourth-order valence-corrected chi connectivity index (χ4v) is 2.36. The number of fused-ring (bicyclic) bond motifs is 2. The molecule has 1 saturated carbocycles. The SMILES string of the molecule is CC1(C)OC2CC[C@@](CO)(C2)O1. The van der Waals surface area contributed by atoms with Crippen LogP contribution in [0.15, 0.2) is 0 Å². The first-order valence-electron chi connectivity index (χ1n) is 4.54. The molecule has 1 heterocycles. The van der Waals surface area contributed by atoms with Crippen LogP contribution in [0.1, 0.15) is 33.1 Å². The monoisotopic (exact) mass is 172 g/mol. The van der Waals surface area contributed by atoms with Crippen molar-refractivity contribution < 1.29 is 14.6 Å². The van der Waals surface area contributed by atoms with Gasteiger partial charge in [0.15, 0.2) is 5.79 Å². The van der Waals surface area contributed by atoms with Crippen molar-refractivity contribution in [1.82, 2.24) is 0 Å². The van der Waals surface area contributed by atoms with Gasteiger partial charge in [-0.3, -0.25) is 0 Å². The Kier molecular flexibility index (Phi) is 1.72. The van der Waals surface area contributed by atoms with Crippen molar-refractivity contribution in [1.29, 1.82) is 0 Å². The minimum absolute atomic E-state index is 0.121. The lowest BCUT2D eigenvalue weighted by molar-refractivity contribution is -0.317. The third-order valence-electron chi connectivity index (χ3n) is 2.72. The van der Waals surface area contributed by atoms with Gasteiger partial charge in [0.05, 0.1) is 18.3 Å². The molecule has 2 atom stereocenters. The fourth-order valence-electron chi connectivity index (χ4n) is 2.36. The summed E-state index contributed by atoms with van der Waals surface area (Å²) in [6, 6.07) is 0. The maximum atomic E-state index is 9.22. The quantitative estimate of drug-likeness (QED) is 0.642. The Hall–Kier alpha value is -0.120. The molecule has 1 aliphatic carbocycles. The molecule has 0 spiro atoms. The molecule has 70 valence electrons. The van der Waals surface area contributed by atoms with E-state index in [1.54, 1.807) is 0 Å². The van der Waals surface area contributed by atoms with Crippen LogP contribution in [0.2, 0.25) is 0 Å². The molecule has 2 bridgehead atoms. The van der Waals surface area contributed by atoms with Crippen molar-refractivity contribution in [2.24, 2.45) is 0 Å². The van der Waals surface area contributed by atoms with Crippen LogP contribution in [0.3, 0.4) is 0 Å². The maximum Gasteiger partial charge on any atom is 0.163 e. The summed E-state index contributed by atoms with van der Waals surface area (Å²) < 4.78 is 11.4. The van der Waals surface area contributed by atoms with E-state index in [9.17, 15) is 5.11 Å². The van der Waals surface area contributed by atoms with Gasteiger partial charge < -0.3 is 14.6 Å². The molecule has 3 heteroatoms. The van der Waals surface area contributed by atoms with E-state index in [4.69, 9.17) is 9.47 Å². The summed E-state index contributed by atoms with van der Waals surface area (Å²) in [6.07, 6.45) is 3.09. The first-order chi connectivity index (χ1) is 5.55. The Morgan fingerprint density at radius 2 is 2.25 bits per heavy atom. The highest BCUT2D eigenvalue weighted by molar-refractivity contribution is 4.96. The lowest BCUT2D eigenvalue weighted by Crippen LogP contribution is -2.49. The van der Waals surface area contributed by atoms with Crippen molar-refractivity contribution in [3.05, 3.63) is 0 Å². The number of aliphatic hydroxyl groups excluding tert-OH is 1. The van der Waals surface area contributed by atoms with Crippen molar-refractivity contribution in [3.8, 4) is 0 Å². The van der Waals surface area contributed by atoms with Crippen LogP contribution >= 0.6 is 0 Å². The number of hydrogen-bond acceptors (Lipinski definition) is 3. The average molecular weight is 172 g/mol. The Morgan fingerprint density at radius 3 is 2.92 bits per heavy atom. The van der Waals surface area contributed by atoms with Crippen LogP contribution in [-0.2, 0) is 9.47 Å². The van der Waals surface area contributed by atoms with E-state index in [1.165, 1.54) is 0 Å². The lowest BCUT2D eigenvalue weighted by Gasteiger charge is -2.42. The molecule has 0 aromatic rings. The van der Waals surface area contributed by atoms with Crippen LogP contribution in [0.4, 0.5) is 0 Å². The smallest absolute Gasteiger partial charge is 0.163 e. The molecular formula is C9H16O3. The molecule has 12 heavy (non-hydrogen) atoms. The molecule has 1 unspecified atom stereocenters. The van der Waals surface area contributed by atoms with Gasteiger partial charge in [-0.05, 0) is 26.7 Å². The van der Waals surface area contributed by atoms with Crippen LogP contribution in [0, 0.1) is 0 Å². The average Bonchev–Trinajstić information content (AvgIpc) is 2.27. The predicted molar refractivity (Wildman–Crippen MR) is 43.7 cm³/mol.